The van der Waals surface area contributed by atoms with E-state index in [1.165, 1.54) is 18.2 Å². The Kier molecular flexibility index (Phi) is 3.78. The molecule has 0 amide bonds. The molecular weight excluding hydrogens is 307 g/mol. The summed E-state index contributed by atoms with van der Waals surface area (Å²) >= 11 is 11.6. The molecule has 0 atom stereocenters. The van der Waals surface area contributed by atoms with Gasteiger partial charge in [-0.05, 0) is 6.07 Å². The molecule has 19 heavy (non-hydrogen) atoms. The van der Waals surface area contributed by atoms with Crippen molar-refractivity contribution >= 4 is 34.0 Å². The van der Waals surface area contributed by atoms with Crippen LogP contribution in [-0.2, 0) is 0 Å². The Morgan fingerprint density at radius 3 is 2.16 bits per heavy atom. The highest BCUT2D eigenvalue weighted by Crippen LogP contribution is 2.41. The molecule has 0 saturated heterocycles. The molecule has 0 radical (unpaired) electrons. The minimum atomic E-state index is -4.62. The van der Waals surface area contributed by atoms with Gasteiger partial charge in [0.25, 0.3) is 0 Å². The van der Waals surface area contributed by atoms with Crippen molar-refractivity contribution in [2.45, 2.75) is 12.5 Å². The Labute approximate surface area is 115 Å². The fraction of sp³-hybridized carbons (Fsp3) is 0.167. The Morgan fingerprint density at radius 1 is 1.00 bits per heavy atom. The van der Waals surface area contributed by atoms with Crippen molar-refractivity contribution in [2.24, 2.45) is 0 Å². The molecule has 7 heteroatoms. The van der Waals surface area contributed by atoms with Crippen molar-refractivity contribution in [3.05, 3.63) is 40.4 Å². The second-order valence-electron chi connectivity index (χ2n) is 3.68. The van der Waals surface area contributed by atoms with Crippen LogP contribution in [0.5, 0.6) is 5.75 Å². The molecular formula is C12H6Cl2F4O. The second-order valence-corrected chi connectivity index (χ2v) is 4.49. The van der Waals surface area contributed by atoms with Crippen LogP contribution >= 0.6 is 23.2 Å². The first-order valence-electron chi connectivity index (χ1n) is 5.04. The van der Waals surface area contributed by atoms with Crippen LogP contribution < -0.4 is 4.74 Å². The molecule has 2 rings (SSSR count). The SMILES string of the molecule is FC(F)C(F)(F)Oc1c(Cl)cc(Cl)c2ccccc12. The Balaban J connectivity index is 2.60. The number of alkyl halides is 4. The van der Waals surface area contributed by atoms with Gasteiger partial charge in [0, 0.05) is 10.8 Å². The zero-order valence-corrected chi connectivity index (χ0v) is 10.7. The van der Waals surface area contributed by atoms with Crippen LogP contribution in [0, 0.1) is 0 Å². The van der Waals surface area contributed by atoms with E-state index in [9.17, 15) is 17.6 Å². The predicted molar refractivity (Wildman–Crippen MR) is 65.5 cm³/mol. The van der Waals surface area contributed by atoms with Crippen LogP contribution in [0.4, 0.5) is 17.6 Å². The van der Waals surface area contributed by atoms with E-state index in [0.29, 0.717) is 5.39 Å². The zero-order chi connectivity index (χ0) is 14.2. The van der Waals surface area contributed by atoms with Gasteiger partial charge in [0.05, 0.1) is 10.0 Å². The van der Waals surface area contributed by atoms with Gasteiger partial charge in [-0.15, -0.1) is 0 Å². The number of fused-ring (bicyclic) bond motifs is 1. The number of rotatable bonds is 3. The van der Waals surface area contributed by atoms with E-state index in [1.54, 1.807) is 12.1 Å². The molecule has 0 aliphatic carbocycles. The first kappa shape index (κ1) is 14.2. The highest BCUT2D eigenvalue weighted by molar-refractivity contribution is 6.39. The lowest BCUT2D eigenvalue weighted by Crippen LogP contribution is -2.33. The summed E-state index contributed by atoms with van der Waals surface area (Å²) in [4.78, 5) is 0. The van der Waals surface area contributed by atoms with Gasteiger partial charge in [0.15, 0.2) is 5.75 Å². The normalized spacial score (nSPS) is 12.2. The number of hydrogen-bond donors (Lipinski definition) is 0. The fourth-order valence-corrected chi connectivity index (χ4v) is 2.14. The van der Waals surface area contributed by atoms with Crippen LogP contribution in [0.25, 0.3) is 10.8 Å². The predicted octanol–water partition coefficient (Wildman–Crippen LogP) is 5.38. The van der Waals surface area contributed by atoms with Gasteiger partial charge in [-0.3, -0.25) is 0 Å². The molecule has 0 aliphatic rings. The van der Waals surface area contributed by atoms with Crippen LogP contribution in [0.3, 0.4) is 0 Å². The molecule has 0 fully saturated rings. The van der Waals surface area contributed by atoms with Crippen molar-refractivity contribution in [3.8, 4) is 5.75 Å². The van der Waals surface area contributed by atoms with E-state index >= 15 is 0 Å². The molecule has 0 heterocycles. The summed E-state index contributed by atoms with van der Waals surface area (Å²) in [6.45, 7) is 0. The highest BCUT2D eigenvalue weighted by Gasteiger charge is 2.44. The second kappa shape index (κ2) is 5.06. The zero-order valence-electron chi connectivity index (χ0n) is 9.14. The highest BCUT2D eigenvalue weighted by atomic mass is 35.5. The molecule has 102 valence electrons. The quantitative estimate of drug-likeness (QED) is 0.691. The van der Waals surface area contributed by atoms with Gasteiger partial charge in [-0.25, -0.2) is 0 Å². The van der Waals surface area contributed by atoms with Gasteiger partial charge >= 0.3 is 12.5 Å². The smallest absolute Gasteiger partial charge is 0.426 e. The summed E-state index contributed by atoms with van der Waals surface area (Å²) in [5.74, 6) is -0.521. The van der Waals surface area contributed by atoms with E-state index in [0.717, 1.165) is 0 Å². The minimum absolute atomic E-state index is 0.139. The monoisotopic (exact) mass is 312 g/mol. The summed E-state index contributed by atoms with van der Waals surface area (Å²) in [7, 11) is 0. The third-order valence-corrected chi connectivity index (χ3v) is 2.98. The van der Waals surface area contributed by atoms with Crippen LogP contribution in [0.15, 0.2) is 30.3 Å². The average Bonchev–Trinajstić information content (AvgIpc) is 2.34. The summed E-state index contributed by atoms with van der Waals surface area (Å²) in [6, 6.07) is 7.27. The van der Waals surface area contributed by atoms with E-state index in [4.69, 9.17) is 23.2 Å². The maximum atomic E-state index is 13.0. The molecule has 0 N–H and O–H groups in total. The van der Waals surface area contributed by atoms with Crippen molar-refractivity contribution in [3.63, 3.8) is 0 Å². The number of benzene rings is 2. The summed E-state index contributed by atoms with van der Waals surface area (Å²) < 4.78 is 54.4. The van der Waals surface area contributed by atoms with Crippen molar-refractivity contribution in [1.29, 1.82) is 0 Å². The Bertz CT molecular complexity index is 616. The standard InChI is InChI=1S/C12H6Cl2F4O/c13-8-5-9(14)10(19-12(17,18)11(15)16)7-4-2-1-3-6(7)8/h1-5,11H. The number of hydrogen-bond acceptors (Lipinski definition) is 1. The number of ether oxygens (including phenoxy) is 1. The van der Waals surface area contributed by atoms with E-state index in [2.05, 4.69) is 4.74 Å². The Morgan fingerprint density at radius 2 is 1.58 bits per heavy atom. The molecule has 2 aromatic carbocycles. The van der Waals surface area contributed by atoms with Gasteiger partial charge < -0.3 is 4.74 Å². The van der Waals surface area contributed by atoms with Crippen LogP contribution in [0.1, 0.15) is 0 Å². The first-order chi connectivity index (χ1) is 8.83. The molecule has 0 spiro atoms. The van der Waals surface area contributed by atoms with E-state index in [1.807, 2.05) is 0 Å². The lowest BCUT2D eigenvalue weighted by molar-refractivity contribution is -0.252. The third-order valence-electron chi connectivity index (χ3n) is 2.39. The molecule has 0 aromatic heterocycles. The molecule has 0 bridgehead atoms. The lowest BCUT2D eigenvalue weighted by atomic mass is 10.1. The van der Waals surface area contributed by atoms with Crippen molar-refractivity contribution in [2.75, 3.05) is 0 Å². The minimum Gasteiger partial charge on any atom is -0.426 e. The van der Waals surface area contributed by atoms with Gasteiger partial charge in [-0.1, -0.05) is 47.5 Å². The largest absolute Gasteiger partial charge is 0.461 e. The summed E-state index contributed by atoms with van der Waals surface area (Å²) in [6.07, 6.45) is -8.58. The van der Waals surface area contributed by atoms with Crippen LogP contribution in [-0.4, -0.2) is 12.5 Å². The average molecular weight is 313 g/mol. The van der Waals surface area contributed by atoms with Gasteiger partial charge in [-0.2, -0.15) is 17.6 Å². The van der Waals surface area contributed by atoms with E-state index < -0.39 is 18.3 Å². The topological polar surface area (TPSA) is 9.23 Å². The summed E-state index contributed by atoms with van der Waals surface area (Å²) in [5, 5.41) is 0.478. The van der Waals surface area contributed by atoms with E-state index in [-0.39, 0.29) is 15.4 Å². The maximum Gasteiger partial charge on any atom is 0.461 e. The van der Waals surface area contributed by atoms with Gasteiger partial charge in [0.2, 0.25) is 0 Å². The molecule has 1 nitrogen and oxygen atoms in total. The lowest BCUT2D eigenvalue weighted by Gasteiger charge is -2.19. The van der Waals surface area contributed by atoms with Crippen molar-refractivity contribution in [1.82, 2.24) is 0 Å². The maximum absolute atomic E-state index is 13.0. The fourth-order valence-electron chi connectivity index (χ4n) is 1.56. The molecule has 2 aromatic rings. The molecule has 0 aliphatic heterocycles. The number of halogens is 6. The molecule has 0 unspecified atom stereocenters. The molecule has 0 saturated carbocycles. The van der Waals surface area contributed by atoms with Gasteiger partial charge in [0.1, 0.15) is 0 Å². The first-order valence-corrected chi connectivity index (χ1v) is 5.80. The third kappa shape index (κ3) is 2.72. The van der Waals surface area contributed by atoms with Crippen LogP contribution in [0.2, 0.25) is 10.0 Å². The summed E-state index contributed by atoms with van der Waals surface area (Å²) in [5.41, 5.74) is 0. The Hall–Kier alpha value is -1.20. The van der Waals surface area contributed by atoms with Crippen molar-refractivity contribution < 1.29 is 22.3 Å².